The van der Waals surface area contributed by atoms with Gasteiger partial charge in [-0.2, -0.15) is 0 Å². The van der Waals surface area contributed by atoms with Crippen LogP contribution in [0.15, 0.2) is 102 Å². The van der Waals surface area contributed by atoms with Crippen LogP contribution < -0.4 is 9.62 Å². The average Bonchev–Trinajstić information content (AvgIpc) is 2.87. The zero-order valence-corrected chi connectivity index (χ0v) is 19.7. The van der Waals surface area contributed by atoms with Crippen molar-refractivity contribution in [1.29, 1.82) is 0 Å². The Morgan fingerprint density at radius 1 is 1.06 bits per heavy atom. The lowest BCUT2D eigenvalue weighted by atomic mass is 10.0. The monoisotopic (exact) mass is 509 g/mol. The van der Waals surface area contributed by atoms with Gasteiger partial charge in [-0.25, -0.2) is 22.2 Å². The fourth-order valence-electron chi connectivity index (χ4n) is 3.91. The fourth-order valence-corrected chi connectivity index (χ4v) is 5.03. The highest BCUT2D eigenvalue weighted by molar-refractivity contribution is 7.92. The highest BCUT2D eigenvalue weighted by Gasteiger charge is 2.21. The number of hydrogen-bond acceptors (Lipinski definition) is 6. The highest BCUT2D eigenvalue weighted by atomic mass is 32.2. The van der Waals surface area contributed by atoms with Gasteiger partial charge in [-0.05, 0) is 49.2 Å². The molecule has 2 aromatic carbocycles. The number of halogens is 2. The van der Waals surface area contributed by atoms with Crippen LogP contribution >= 0.6 is 0 Å². The average molecular weight is 510 g/mol. The van der Waals surface area contributed by atoms with Crippen LogP contribution in [0.5, 0.6) is 0 Å². The van der Waals surface area contributed by atoms with Crippen LogP contribution in [0.25, 0.3) is 10.9 Å². The Morgan fingerprint density at radius 3 is 2.61 bits per heavy atom. The minimum absolute atomic E-state index is 0.224. The second-order valence-electron chi connectivity index (χ2n) is 8.11. The smallest absolute Gasteiger partial charge is 0.262 e. The van der Waals surface area contributed by atoms with Gasteiger partial charge in [-0.1, -0.05) is 29.9 Å². The Hall–Kier alpha value is -4.18. The molecule has 0 unspecified atom stereocenters. The Labute approximate surface area is 206 Å². The Balaban J connectivity index is 1.49. The van der Waals surface area contributed by atoms with E-state index in [1.165, 1.54) is 24.4 Å². The van der Waals surface area contributed by atoms with Crippen LogP contribution in [0.2, 0.25) is 0 Å². The van der Waals surface area contributed by atoms with Gasteiger partial charge >= 0.3 is 0 Å². The topological polar surface area (TPSA) is 80.8 Å². The summed E-state index contributed by atoms with van der Waals surface area (Å²) < 4.78 is 66.2. The molecule has 0 saturated heterocycles. The molecule has 1 aliphatic carbocycles. The van der Waals surface area contributed by atoms with E-state index in [1.807, 2.05) is 11.0 Å². The van der Waals surface area contributed by atoms with Crippen molar-refractivity contribution in [3.63, 3.8) is 0 Å². The van der Waals surface area contributed by atoms with Crippen LogP contribution in [-0.2, 0) is 19.5 Å². The molecule has 2 heterocycles. The number of fused-ring (bicyclic) bond motifs is 1. The molecule has 0 bridgehead atoms. The normalized spacial score (nSPS) is 15.1. The lowest BCUT2D eigenvalue weighted by molar-refractivity contribution is 0.248. The van der Waals surface area contributed by atoms with Crippen molar-refractivity contribution in [2.45, 2.75) is 17.7 Å². The lowest BCUT2D eigenvalue weighted by Gasteiger charge is -2.27. The first kappa shape index (κ1) is 23.6. The van der Waals surface area contributed by atoms with Gasteiger partial charge in [0.2, 0.25) is 5.88 Å². The van der Waals surface area contributed by atoms with Crippen molar-refractivity contribution < 1.29 is 26.7 Å². The van der Waals surface area contributed by atoms with Crippen molar-refractivity contribution in [2.75, 3.05) is 16.2 Å². The third-order valence-electron chi connectivity index (χ3n) is 5.60. The summed E-state index contributed by atoms with van der Waals surface area (Å²) in [6.07, 6.45) is 12.3. The Morgan fingerprint density at radius 2 is 1.89 bits per heavy atom. The Bertz CT molecular complexity index is 1530. The van der Waals surface area contributed by atoms with Crippen molar-refractivity contribution in [2.24, 2.45) is 0 Å². The van der Waals surface area contributed by atoms with E-state index >= 15 is 0 Å². The molecule has 5 rings (SSSR count). The minimum atomic E-state index is -4.25. The molecule has 0 fully saturated rings. The Kier molecular flexibility index (Phi) is 6.43. The van der Waals surface area contributed by atoms with Crippen LogP contribution in [0, 0.1) is 11.6 Å². The summed E-state index contributed by atoms with van der Waals surface area (Å²) in [5, 5.41) is 0.510. The van der Waals surface area contributed by atoms with E-state index in [-0.39, 0.29) is 5.69 Å². The number of hydrogen-bond donors (Lipinski definition) is 1. The first-order valence-electron chi connectivity index (χ1n) is 11.1. The molecule has 1 N–H and O–H groups in total. The lowest BCUT2D eigenvalue weighted by Crippen LogP contribution is -2.28. The minimum Gasteiger partial charge on any atom is -0.464 e. The van der Waals surface area contributed by atoms with Gasteiger partial charge in [0.15, 0.2) is 6.26 Å². The number of pyridine rings is 1. The molecule has 0 spiro atoms. The third kappa shape index (κ3) is 5.08. The number of benzene rings is 2. The number of ether oxygens (including phenoxy) is 2. The molecule has 0 radical (unpaired) electrons. The standard InChI is InChI=1S/C26H21F2N3O4S/c27-19-13-20(28)15-21(14-19)36(32,33)30-24-8-4-7-23-22(24)9-10-25(29-23)31(26-17-34-11-12-35-26)16-18-5-2-1-3-6-18/h1-2,4-5,7-15,17,30H,3,6,16H2. The van der Waals surface area contributed by atoms with E-state index in [4.69, 9.17) is 14.5 Å². The van der Waals surface area contributed by atoms with Gasteiger partial charge in [0.25, 0.3) is 10.0 Å². The molecule has 0 saturated carbocycles. The second kappa shape index (κ2) is 9.82. The van der Waals surface area contributed by atoms with E-state index in [0.29, 0.717) is 35.2 Å². The molecule has 1 aromatic heterocycles. The van der Waals surface area contributed by atoms with Crippen molar-refractivity contribution in [3.8, 4) is 0 Å². The van der Waals surface area contributed by atoms with Crippen LogP contribution in [-0.4, -0.2) is 19.9 Å². The summed E-state index contributed by atoms with van der Waals surface area (Å²) >= 11 is 0. The van der Waals surface area contributed by atoms with E-state index in [9.17, 15) is 17.2 Å². The van der Waals surface area contributed by atoms with Crippen molar-refractivity contribution in [1.82, 2.24) is 4.98 Å². The number of nitrogens with one attached hydrogen (secondary N) is 1. The van der Waals surface area contributed by atoms with Gasteiger partial charge in [-0.15, -0.1) is 0 Å². The van der Waals surface area contributed by atoms with E-state index in [0.717, 1.165) is 25.0 Å². The zero-order valence-electron chi connectivity index (χ0n) is 18.9. The molecule has 184 valence electrons. The number of anilines is 2. The molecule has 36 heavy (non-hydrogen) atoms. The molecule has 1 aliphatic heterocycles. The summed E-state index contributed by atoms with van der Waals surface area (Å²) in [5.41, 5.74) is 1.91. The molecule has 0 atom stereocenters. The molecule has 10 heteroatoms. The van der Waals surface area contributed by atoms with Crippen molar-refractivity contribution >= 4 is 32.4 Å². The largest absolute Gasteiger partial charge is 0.464 e. The summed E-state index contributed by atoms with van der Waals surface area (Å²) in [7, 11) is -4.25. The zero-order chi connectivity index (χ0) is 25.1. The number of allylic oxidation sites excluding steroid dienone is 3. The second-order valence-corrected chi connectivity index (χ2v) is 9.79. The van der Waals surface area contributed by atoms with Crippen molar-refractivity contribution in [3.05, 3.63) is 109 Å². The number of nitrogens with zero attached hydrogens (tertiary/aromatic N) is 2. The maximum Gasteiger partial charge on any atom is 0.262 e. The fraction of sp³-hybridized carbons (Fsp3) is 0.115. The maximum absolute atomic E-state index is 13.6. The third-order valence-corrected chi connectivity index (χ3v) is 6.95. The number of aromatic nitrogens is 1. The molecule has 3 aromatic rings. The first-order valence-corrected chi connectivity index (χ1v) is 12.6. The molecule has 2 aliphatic rings. The van der Waals surface area contributed by atoms with Crippen LogP contribution in [0.3, 0.4) is 0 Å². The van der Waals surface area contributed by atoms with E-state index < -0.39 is 26.6 Å². The predicted molar refractivity (Wildman–Crippen MR) is 132 cm³/mol. The summed E-state index contributed by atoms with van der Waals surface area (Å²) in [6.45, 7) is 0.517. The number of sulfonamides is 1. The van der Waals surface area contributed by atoms with Crippen LogP contribution in [0.1, 0.15) is 12.8 Å². The van der Waals surface area contributed by atoms with E-state index in [2.05, 4.69) is 16.9 Å². The summed E-state index contributed by atoms with van der Waals surface area (Å²) in [6, 6.07) is 10.5. The van der Waals surface area contributed by atoms with Gasteiger partial charge in [0, 0.05) is 18.0 Å². The van der Waals surface area contributed by atoms with Gasteiger partial charge in [-0.3, -0.25) is 9.62 Å². The summed E-state index contributed by atoms with van der Waals surface area (Å²) in [5.74, 6) is -0.956. The van der Waals surface area contributed by atoms with Gasteiger partial charge < -0.3 is 9.47 Å². The maximum atomic E-state index is 13.6. The van der Waals surface area contributed by atoms with E-state index in [1.54, 1.807) is 30.3 Å². The molecular formula is C26H21F2N3O4S. The summed E-state index contributed by atoms with van der Waals surface area (Å²) in [4.78, 5) is 6.08. The number of rotatable bonds is 7. The highest BCUT2D eigenvalue weighted by Crippen LogP contribution is 2.30. The van der Waals surface area contributed by atoms with Gasteiger partial charge in [0.1, 0.15) is 30.0 Å². The quantitative estimate of drug-likeness (QED) is 0.439. The SMILES string of the molecule is O=S(=O)(Nc1cccc2nc(N(CC3=CC=CCC3)C3=COC=CO3)ccc12)c1cc(F)cc(F)c1. The molecular weight excluding hydrogens is 488 g/mol. The van der Waals surface area contributed by atoms with Gasteiger partial charge in [0.05, 0.1) is 16.1 Å². The van der Waals surface area contributed by atoms with Crippen LogP contribution in [0.4, 0.5) is 20.3 Å². The molecule has 7 nitrogen and oxygen atoms in total. The first-order chi connectivity index (χ1) is 17.4. The predicted octanol–water partition coefficient (Wildman–Crippen LogP) is 5.71. The molecule has 0 amide bonds.